The van der Waals surface area contributed by atoms with Gasteiger partial charge in [-0.05, 0) is 0 Å². The predicted octanol–water partition coefficient (Wildman–Crippen LogP) is -0.745. The molecule has 2 saturated heterocycles. The van der Waals surface area contributed by atoms with E-state index in [1.165, 1.54) is 4.90 Å². The first-order chi connectivity index (χ1) is 6.67. The molecular formula is C8H12N2O4. The van der Waals surface area contributed by atoms with Crippen LogP contribution in [0.15, 0.2) is 0 Å². The van der Waals surface area contributed by atoms with Crippen molar-refractivity contribution in [1.29, 1.82) is 0 Å². The fraction of sp³-hybridized carbons (Fsp3) is 0.750. The SMILES string of the molecule is O=C1NCCN1C1(C(=O)O)CCOC1. The van der Waals surface area contributed by atoms with Gasteiger partial charge in [-0.1, -0.05) is 0 Å². The van der Waals surface area contributed by atoms with E-state index in [2.05, 4.69) is 5.32 Å². The van der Waals surface area contributed by atoms with Gasteiger partial charge in [0.15, 0.2) is 5.54 Å². The van der Waals surface area contributed by atoms with E-state index in [0.717, 1.165) is 0 Å². The van der Waals surface area contributed by atoms with Crippen molar-refractivity contribution in [1.82, 2.24) is 10.2 Å². The summed E-state index contributed by atoms with van der Waals surface area (Å²) in [6.07, 6.45) is 0.371. The number of hydrogen-bond acceptors (Lipinski definition) is 3. The average molecular weight is 200 g/mol. The van der Waals surface area contributed by atoms with Gasteiger partial charge in [-0.25, -0.2) is 9.59 Å². The Morgan fingerprint density at radius 1 is 1.64 bits per heavy atom. The Kier molecular flexibility index (Phi) is 2.07. The molecule has 0 aliphatic carbocycles. The topological polar surface area (TPSA) is 78.9 Å². The standard InChI is InChI=1S/C8H12N2O4/c11-6(12)8(1-4-14-5-8)10-3-2-9-7(10)13/h1-5H2,(H,9,13)(H,11,12). The number of nitrogens with one attached hydrogen (secondary N) is 1. The molecule has 2 rings (SSSR count). The summed E-state index contributed by atoms with van der Waals surface area (Å²) in [5.41, 5.74) is -1.14. The van der Waals surface area contributed by atoms with E-state index < -0.39 is 11.5 Å². The molecule has 78 valence electrons. The van der Waals surface area contributed by atoms with Crippen molar-refractivity contribution in [2.45, 2.75) is 12.0 Å². The molecule has 6 nitrogen and oxygen atoms in total. The monoisotopic (exact) mass is 200 g/mol. The number of urea groups is 1. The Hall–Kier alpha value is -1.30. The van der Waals surface area contributed by atoms with E-state index in [1.807, 2.05) is 0 Å². The second-order valence-corrected chi connectivity index (χ2v) is 3.52. The molecule has 0 aromatic heterocycles. The van der Waals surface area contributed by atoms with Crippen LogP contribution >= 0.6 is 0 Å². The van der Waals surface area contributed by atoms with Crippen LogP contribution in [0.4, 0.5) is 4.79 Å². The van der Waals surface area contributed by atoms with Gasteiger partial charge in [0.2, 0.25) is 0 Å². The second kappa shape index (κ2) is 3.13. The smallest absolute Gasteiger partial charge is 0.332 e. The lowest BCUT2D eigenvalue weighted by molar-refractivity contribution is -0.149. The third-order valence-corrected chi connectivity index (χ3v) is 2.77. The first kappa shape index (κ1) is 9.26. The van der Waals surface area contributed by atoms with Crippen molar-refractivity contribution >= 4 is 12.0 Å². The summed E-state index contributed by atoms with van der Waals surface area (Å²) in [6, 6.07) is -0.307. The number of rotatable bonds is 2. The first-order valence-electron chi connectivity index (χ1n) is 4.53. The zero-order valence-electron chi connectivity index (χ0n) is 7.65. The largest absolute Gasteiger partial charge is 0.479 e. The van der Waals surface area contributed by atoms with Gasteiger partial charge in [-0.2, -0.15) is 0 Å². The third-order valence-electron chi connectivity index (χ3n) is 2.77. The Balaban J connectivity index is 2.26. The quantitative estimate of drug-likeness (QED) is 0.615. The van der Waals surface area contributed by atoms with Gasteiger partial charge in [0.1, 0.15) is 0 Å². The predicted molar refractivity (Wildman–Crippen MR) is 45.9 cm³/mol. The van der Waals surface area contributed by atoms with Crippen LogP contribution in [-0.2, 0) is 9.53 Å². The van der Waals surface area contributed by atoms with Crippen LogP contribution in [0.2, 0.25) is 0 Å². The Morgan fingerprint density at radius 2 is 2.43 bits per heavy atom. The van der Waals surface area contributed by atoms with E-state index in [4.69, 9.17) is 9.84 Å². The highest BCUT2D eigenvalue weighted by atomic mass is 16.5. The molecule has 2 aliphatic heterocycles. The van der Waals surface area contributed by atoms with Crippen LogP contribution in [0.5, 0.6) is 0 Å². The minimum atomic E-state index is -1.14. The summed E-state index contributed by atoms with van der Waals surface area (Å²) in [5.74, 6) is -0.980. The molecule has 2 N–H and O–H groups in total. The molecular weight excluding hydrogens is 188 g/mol. The van der Waals surface area contributed by atoms with Gasteiger partial charge >= 0.3 is 12.0 Å². The van der Waals surface area contributed by atoms with Crippen LogP contribution < -0.4 is 5.32 Å². The van der Waals surface area contributed by atoms with Gasteiger partial charge in [0, 0.05) is 26.1 Å². The van der Waals surface area contributed by atoms with Gasteiger partial charge < -0.3 is 20.1 Å². The number of hydrogen-bond donors (Lipinski definition) is 2. The van der Waals surface area contributed by atoms with E-state index in [1.54, 1.807) is 0 Å². The maximum absolute atomic E-state index is 11.4. The maximum atomic E-state index is 11.4. The molecule has 0 saturated carbocycles. The number of ether oxygens (including phenoxy) is 1. The molecule has 2 amide bonds. The summed E-state index contributed by atoms with van der Waals surface area (Å²) in [6.45, 7) is 1.44. The molecule has 0 spiro atoms. The van der Waals surface area contributed by atoms with Crippen molar-refractivity contribution in [3.8, 4) is 0 Å². The van der Waals surface area contributed by atoms with Crippen molar-refractivity contribution in [2.24, 2.45) is 0 Å². The molecule has 0 aromatic rings. The van der Waals surface area contributed by atoms with Crippen molar-refractivity contribution in [3.05, 3.63) is 0 Å². The highest BCUT2D eigenvalue weighted by Gasteiger charge is 2.51. The molecule has 1 unspecified atom stereocenters. The van der Waals surface area contributed by atoms with Gasteiger partial charge in [-0.15, -0.1) is 0 Å². The molecule has 2 heterocycles. The number of carbonyl (C=O) groups excluding carboxylic acids is 1. The Bertz CT molecular complexity index is 273. The number of carbonyl (C=O) groups is 2. The summed E-state index contributed by atoms with van der Waals surface area (Å²) in [5, 5.41) is 11.7. The molecule has 2 fully saturated rings. The minimum Gasteiger partial charge on any atom is -0.479 e. The average Bonchev–Trinajstić information content (AvgIpc) is 2.72. The maximum Gasteiger partial charge on any atom is 0.332 e. The molecule has 2 aliphatic rings. The molecule has 1 atom stereocenters. The van der Waals surface area contributed by atoms with E-state index in [0.29, 0.717) is 26.1 Å². The number of carboxylic acid groups (broad SMARTS) is 1. The van der Waals surface area contributed by atoms with Gasteiger partial charge in [0.05, 0.1) is 6.61 Å². The Morgan fingerprint density at radius 3 is 2.86 bits per heavy atom. The number of carboxylic acids is 1. The summed E-state index contributed by atoms with van der Waals surface area (Å²) in [7, 11) is 0. The third kappa shape index (κ3) is 1.14. The lowest BCUT2D eigenvalue weighted by Gasteiger charge is -2.31. The minimum absolute atomic E-state index is 0.0930. The molecule has 14 heavy (non-hydrogen) atoms. The number of amides is 2. The van der Waals surface area contributed by atoms with E-state index >= 15 is 0 Å². The lowest BCUT2D eigenvalue weighted by atomic mass is 9.97. The summed E-state index contributed by atoms with van der Waals surface area (Å²) >= 11 is 0. The number of aliphatic carboxylic acids is 1. The fourth-order valence-electron chi connectivity index (χ4n) is 1.93. The van der Waals surface area contributed by atoms with Crippen LogP contribution in [0.25, 0.3) is 0 Å². The molecule has 0 bridgehead atoms. The Labute approximate surface area is 80.8 Å². The van der Waals surface area contributed by atoms with Gasteiger partial charge in [0.25, 0.3) is 0 Å². The zero-order valence-corrected chi connectivity index (χ0v) is 7.65. The van der Waals surface area contributed by atoms with Crippen molar-refractivity contribution < 1.29 is 19.4 Å². The highest BCUT2D eigenvalue weighted by molar-refractivity contribution is 5.87. The fourth-order valence-corrected chi connectivity index (χ4v) is 1.93. The molecule has 6 heteroatoms. The summed E-state index contributed by atoms with van der Waals surface area (Å²) in [4.78, 5) is 23.9. The zero-order chi connectivity index (χ0) is 10.2. The molecule has 0 aromatic carbocycles. The van der Waals surface area contributed by atoms with Crippen molar-refractivity contribution in [2.75, 3.05) is 26.3 Å². The second-order valence-electron chi connectivity index (χ2n) is 3.52. The van der Waals surface area contributed by atoms with Crippen LogP contribution in [-0.4, -0.2) is 53.8 Å². The van der Waals surface area contributed by atoms with E-state index in [9.17, 15) is 9.59 Å². The van der Waals surface area contributed by atoms with Crippen LogP contribution in [0.1, 0.15) is 6.42 Å². The lowest BCUT2D eigenvalue weighted by Crippen LogP contribution is -2.56. The van der Waals surface area contributed by atoms with Crippen LogP contribution in [0.3, 0.4) is 0 Å². The highest BCUT2D eigenvalue weighted by Crippen LogP contribution is 2.27. The van der Waals surface area contributed by atoms with Crippen LogP contribution in [0, 0.1) is 0 Å². The van der Waals surface area contributed by atoms with Crippen molar-refractivity contribution in [3.63, 3.8) is 0 Å². The normalized spacial score (nSPS) is 32.0. The first-order valence-corrected chi connectivity index (χ1v) is 4.53. The summed E-state index contributed by atoms with van der Waals surface area (Å²) < 4.78 is 5.08. The number of nitrogens with zero attached hydrogens (tertiary/aromatic N) is 1. The molecule has 0 radical (unpaired) electrons. The van der Waals surface area contributed by atoms with Gasteiger partial charge in [-0.3, -0.25) is 0 Å². The van der Waals surface area contributed by atoms with E-state index in [-0.39, 0.29) is 12.6 Å².